The van der Waals surface area contributed by atoms with Gasteiger partial charge < -0.3 is 15.3 Å². The summed E-state index contributed by atoms with van der Waals surface area (Å²) >= 11 is 0. The van der Waals surface area contributed by atoms with Crippen molar-refractivity contribution in [2.75, 3.05) is 6.54 Å². The normalized spacial score (nSPS) is 16.3. The molecule has 0 aliphatic heterocycles. The van der Waals surface area contributed by atoms with Crippen LogP contribution in [0.4, 0.5) is 0 Å². The van der Waals surface area contributed by atoms with Crippen molar-refractivity contribution in [2.45, 2.75) is 18.9 Å². The van der Waals surface area contributed by atoms with Gasteiger partial charge in [-0.3, -0.25) is 0 Å². The van der Waals surface area contributed by atoms with E-state index >= 15 is 0 Å². The average Bonchev–Trinajstić information content (AvgIpc) is 2.39. The number of nitrogens with two attached hydrogens (primary N) is 1. The van der Waals surface area contributed by atoms with Gasteiger partial charge >= 0.3 is 0 Å². The Balaban J connectivity index is 2.56. The molecule has 0 saturated heterocycles. The Morgan fingerprint density at radius 1 is 1.73 bits per heavy atom. The summed E-state index contributed by atoms with van der Waals surface area (Å²) in [5, 5.41) is 9.51. The second-order valence-electron chi connectivity index (χ2n) is 2.96. The summed E-state index contributed by atoms with van der Waals surface area (Å²) in [4.78, 5) is 0. The second kappa shape index (κ2) is 3.07. The fraction of sp³-hybridized carbons (Fsp3) is 0.500. The van der Waals surface area contributed by atoms with Gasteiger partial charge in [-0.25, -0.2) is 0 Å². The topological polar surface area (TPSA) is 59.4 Å². The van der Waals surface area contributed by atoms with Crippen molar-refractivity contribution >= 4 is 0 Å². The highest BCUT2D eigenvalue weighted by atomic mass is 16.3. The molecule has 0 radical (unpaired) electrons. The molecule has 11 heavy (non-hydrogen) atoms. The summed E-state index contributed by atoms with van der Waals surface area (Å²) in [6.07, 6.45) is 2.05. The van der Waals surface area contributed by atoms with Gasteiger partial charge in [0.05, 0.1) is 11.9 Å². The molecule has 1 rings (SSSR count). The van der Waals surface area contributed by atoms with Crippen LogP contribution >= 0.6 is 0 Å². The molecule has 1 aromatic heterocycles. The second-order valence-corrected chi connectivity index (χ2v) is 2.96. The van der Waals surface area contributed by atoms with Crippen molar-refractivity contribution in [3.63, 3.8) is 0 Å². The number of furan rings is 1. The molecule has 3 nitrogen and oxygen atoms in total. The summed E-state index contributed by atoms with van der Waals surface area (Å²) in [5.74, 6) is 0.764. The largest absolute Gasteiger partial charge is 0.469 e. The third-order valence-corrected chi connectivity index (χ3v) is 1.57. The minimum Gasteiger partial charge on any atom is -0.469 e. The fourth-order valence-electron chi connectivity index (χ4n) is 0.861. The Morgan fingerprint density at radius 3 is 2.91 bits per heavy atom. The summed E-state index contributed by atoms with van der Waals surface area (Å²) in [6, 6.07) is 3.62. The lowest BCUT2D eigenvalue weighted by atomic mass is 10.0. The molecule has 0 saturated carbocycles. The van der Waals surface area contributed by atoms with Crippen molar-refractivity contribution in [3.05, 3.63) is 24.2 Å². The van der Waals surface area contributed by atoms with Crippen LogP contribution in [0.2, 0.25) is 0 Å². The quantitative estimate of drug-likeness (QED) is 0.669. The minimum absolute atomic E-state index is 0.244. The lowest BCUT2D eigenvalue weighted by Crippen LogP contribution is -2.36. The maximum atomic E-state index is 9.51. The molecular weight excluding hydrogens is 142 g/mol. The Bertz CT molecular complexity index is 204. The smallest absolute Gasteiger partial charge is 0.106 e. The molecule has 1 atom stereocenters. The van der Waals surface area contributed by atoms with Crippen LogP contribution in [0.1, 0.15) is 12.7 Å². The molecule has 0 aliphatic carbocycles. The summed E-state index contributed by atoms with van der Waals surface area (Å²) in [7, 11) is 0. The van der Waals surface area contributed by atoms with E-state index in [1.807, 2.05) is 6.07 Å². The molecule has 0 spiro atoms. The summed E-state index contributed by atoms with van der Waals surface area (Å²) in [5.41, 5.74) is 4.48. The van der Waals surface area contributed by atoms with Crippen molar-refractivity contribution < 1.29 is 9.52 Å². The first kappa shape index (κ1) is 8.30. The van der Waals surface area contributed by atoms with Crippen LogP contribution in [-0.4, -0.2) is 17.3 Å². The van der Waals surface area contributed by atoms with E-state index < -0.39 is 5.60 Å². The van der Waals surface area contributed by atoms with Crippen molar-refractivity contribution in [3.8, 4) is 0 Å². The van der Waals surface area contributed by atoms with Gasteiger partial charge in [0.1, 0.15) is 5.76 Å². The fourth-order valence-corrected chi connectivity index (χ4v) is 0.861. The first-order valence-electron chi connectivity index (χ1n) is 3.59. The average molecular weight is 155 g/mol. The molecule has 0 aromatic carbocycles. The number of hydrogen-bond donors (Lipinski definition) is 2. The molecular formula is C8H13NO2. The first-order valence-corrected chi connectivity index (χ1v) is 3.59. The first-order chi connectivity index (χ1) is 5.14. The SMILES string of the molecule is C[C@@](O)(CN)Cc1ccco1. The third-order valence-electron chi connectivity index (χ3n) is 1.57. The Hall–Kier alpha value is -0.800. The van der Waals surface area contributed by atoms with E-state index in [-0.39, 0.29) is 6.54 Å². The molecule has 3 N–H and O–H groups in total. The molecule has 0 unspecified atom stereocenters. The highest BCUT2D eigenvalue weighted by Crippen LogP contribution is 2.11. The van der Waals surface area contributed by atoms with Crippen LogP contribution in [0, 0.1) is 0 Å². The molecule has 0 amide bonds. The number of rotatable bonds is 3. The van der Waals surface area contributed by atoms with Gasteiger partial charge in [0.2, 0.25) is 0 Å². The van der Waals surface area contributed by atoms with Gasteiger partial charge in [-0.2, -0.15) is 0 Å². The zero-order valence-corrected chi connectivity index (χ0v) is 6.58. The zero-order chi connectivity index (χ0) is 8.32. The van der Waals surface area contributed by atoms with E-state index in [9.17, 15) is 5.11 Å². The maximum Gasteiger partial charge on any atom is 0.106 e. The summed E-state index contributed by atoms with van der Waals surface area (Å²) < 4.78 is 5.06. The van der Waals surface area contributed by atoms with Crippen molar-refractivity contribution in [1.82, 2.24) is 0 Å². The molecule has 62 valence electrons. The van der Waals surface area contributed by atoms with Crippen LogP contribution in [0.5, 0.6) is 0 Å². The monoisotopic (exact) mass is 155 g/mol. The standard InChI is InChI=1S/C8H13NO2/c1-8(10,6-9)5-7-3-2-4-11-7/h2-4,10H,5-6,9H2,1H3/t8-/m0/s1. The third kappa shape index (κ3) is 2.37. The highest BCUT2D eigenvalue weighted by molar-refractivity contribution is 5.02. The molecule has 0 bridgehead atoms. The Labute approximate surface area is 65.8 Å². The van der Waals surface area contributed by atoms with Crippen LogP contribution in [-0.2, 0) is 6.42 Å². The van der Waals surface area contributed by atoms with E-state index in [0.29, 0.717) is 6.42 Å². The molecule has 0 aliphatic rings. The van der Waals surface area contributed by atoms with Gasteiger partial charge in [0.15, 0.2) is 0 Å². The molecule has 3 heteroatoms. The predicted octanol–water partition coefficient (Wildman–Crippen LogP) is 0.532. The summed E-state index contributed by atoms with van der Waals surface area (Å²) in [6.45, 7) is 1.93. The van der Waals surface area contributed by atoms with E-state index in [4.69, 9.17) is 10.2 Å². The lowest BCUT2D eigenvalue weighted by molar-refractivity contribution is 0.0642. The van der Waals surface area contributed by atoms with Crippen molar-refractivity contribution in [2.24, 2.45) is 5.73 Å². The van der Waals surface area contributed by atoms with Crippen LogP contribution in [0.3, 0.4) is 0 Å². The van der Waals surface area contributed by atoms with Crippen LogP contribution in [0.15, 0.2) is 22.8 Å². The number of hydrogen-bond acceptors (Lipinski definition) is 3. The molecule has 0 fully saturated rings. The van der Waals surface area contributed by atoms with Gasteiger partial charge in [-0.1, -0.05) is 0 Å². The maximum absolute atomic E-state index is 9.51. The predicted molar refractivity (Wildman–Crippen MR) is 42.1 cm³/mol. The van der Waals surface area contributed by atoms with Gasteiger partial charge in [-0.05, 0) is 19.1 Å². The minimum atomic E-state index is -0.849. The van der Waals surface area contributed by atoms with E-state index in [1.165, 1.54) is 0 Å². The molecule has 1 heterocycles. The molecule has 1 aromatic rings. The van der Waals surface area contributed by atoms with E-state index in [1.54, 1.807) is 19.3 Å². The van der Waals surface area contributed by atoms with Gasteiger partial charge in [0.25, 0.3) is 0 Å². The van der Waals surface area contributed by atoms with E-state index in [2.05, 4.69) is 0 Å². The number of aliphatic hydroxyl groups is 1. The van der Waals surface area contributed by atoms with Crippen LogP contribution < -0.4 is 5.73 Å². The van der Waals surface area contributed by atoms with E-state index in [0.717, 1.165) is 5.76 Å². The highest BCUT2D eigenvalue weighted by Gasteiger charge is 2.19. The van der Waals surface area contributed by atoms with Gasteiger partial charge in [-0.15, -0.1) is 0 Å². The lowest BCUT2D eigenvalue weighted by Gasteiger charge is -2.18. The van der Waals surface area contributed by atoms with Crippen molar-refractivity contribution in [1.29, 1.82) is 0 Å². The van der Waals surface area contributed by atoms with Gasteiger partial charge in [0, 0.05) is 13.0 Å². The Kier molecular flexibility index (Phi) is 2.31. The Morgan fingerprint density at radius 2 is 2.45 bits per heavy atom. The zero-order valence-electron chi connectivity index (χ0n) is 6.58. The van der Waals surface area contributed by atoms with Crippen LogP contribution in [0.25, 0.3) is 0 Å².